The fourth-order valence-corrected chi connectivity index (χ4v) is 2.52. The van der Waals surface area contributed by atoms with Gasteiger partial charge in [-0.25, -0.2) is 9.78 Å². The van der Waals surface area contributed by atoms with Crippen molar-refractivity contribution in [2.24, 2.45) is 0 Å². The highest BCUT2D eigenvalue weighted by molar-refractivity contribution is 7.17. The lowest BCUT2D eigenvalue weighted by atomic mass is 10.3. The number of carboxylic acids is 1. The van der Waals surface area contributed by atoms with Crippen LogP contribution in [0.2, 0.25) is 5.02 Å². The number of thiazole rings is 1. The number of rotatable bonds is 4. The number of benzene rings is 1. The maximum absolute atomic E-state index is 10.9. The van der Waals surface area contributed by atoms with Crippen molar-refractivity contribution in [3.8, 4) is 0 Å². The van der Waals surface area contributed by atoms with Gasteiger partial charge in [-0.15, -0.1) is 0 Å². The molecule has 1 aromatic carbocycles. The monoisotopic (exact) mass is 313 g/mol. The largest absolute Gasteiger partial charge is 0.477 e. The molecule has 9 heteroatoms. The smallest absolute Gasteiger partial charge is 0.347 e. The molecule has 0 fully saturated rings. The van der Waals surface area contributed by atoms with E-state index >= 15 is 0 Å². The standard InChI is InChI=1S/C11H8ClN3O4S/c1-5-9(10(16)17)20-11(13-5)14-8-3-2-6(15(18)19)4-7(8)12/h2-4H,1H3,(H,13,14)(H,16,17). The number of hydrogen-bond acceptors (Lipinski definition) is 6. The molecule has 0 unspecified atom stereocenters. The van der Waals surface area contributed by atoms with Gasteiger partial charge in [0, 0.05) is 12.1 Å². The van der Waals surface area contributed by atoms with Gasteiger partial charge in [-0.05, 0) is 13.0 Å². The van der Waals surface area contributed by atoms with E-state index in [1.54, 1.807) is 6.92 Å². The van der Waals surface area contributed by atoms with E-state index in [1.165, 1.54) is 18.2 Å². The molecule has 0 amide bonds. The van der Waals surface area contributed by atoms with Gasteiger partial charge in [0.1, 0.15) is 4.88 Å². The predicted octanol–water partition coefficient (Wildman–Crippen LogP) is 3.45. The maximum atomic E-state index is 10.9. The fourth-order valence-electron chi connectivity index (χ4n) is 1.48. The first-order valence-electron chi connectivity index (χ1n) is 5.30. The Morgan fingerprint density at radius 1 is 1.55 bits per heavy atom. The highest BCUT2D eigenvalue weighted by atomic mass is 35.5. The molecule has 0 aliphatic heterocycles. The summed E-state index contributed by atoms with van der Waals surface area (Å²) in [5, 5.41) is 22.9. The van der Waals surface area contributed by atoms with E-state index in [0.29, 0.717) is 16.5 Å². The van der Waals surface area contributed by atoms with Crippen LogP contribution in [-0.4, -0.2) is 21.0 Å². The quantitative estimate of drug-likeness (QED) is 0.661. The molecule has 0 spiro atoms. The summed E-state index contributed by atoms with van der Waals surface area (Å²) in [6.45, 7) is 1.59. The van der Waals surface area contributed by atoms with Crippen molar-refractivity contribution in [2.45, 2.75) is 6.92 Å². The highest BCUT2D eigenvalue weighted by Gasteiger charge is 2.15. The van der Waals surface area contributed by atoms with E-state index < -0.39 is 10.9 Å². The molecule has 2 rings (SSSR count). The van der Waals surface area contributed by atoms with E-state index in [9.17, 15) is 14.9 Å². The zero-order valence-corrected chi connectivity index (χ0v) is 11.7. The number of aromatic carboxylic acids is 1. The van der Waals surface area contributed by atoms with Crippen molar-refractivity contribution in [3.05, 3.63) is 43.9 Å². The van der Waals surface area contributed by atoms with Crippen LogP contribution >= 0.6 is 22.9 Å². The van der Waals surface area contributed by atoms with Crippen LogP contribution in [0, 0.1) is 17.0 Å². The first-order chi connectivity index (χ1) is 9.38. The van der Waals surface area contributed by atoms with Gasteiger partial charge >= 0.3 is 5.97 Å². The molecular weight excluding hydrogens is 306 g/mol. The number of carbonyl (C=O) groups is 1. The normalized spacial score (nSPS) is 10.3. The van der Waals surface area contributed by atoms with Crippen LogP contribution in [-0.2, 0) is 0 Å². The Bertz CT molecular complexity index is 701. The van der Waals surface area contributed by atoms with E-state index in [4.69, 9.17) is 16.7 Å². The van der Waals surface area contributed by atoms with Crippen molar-refractivity contribution in [1.82, 2.24) is 4.98 Å². The second-order valence-corrected chi connectivity index (χ2v) is 5.19. The second-order valence-electron chi connectivity index (χ2n) is 3.78. The molecule has 0 bridgehead atoms. The van der Waals surface area contributed by atoms with Crippen molar-refractivity contribution in [2.75, 3.05) is 5.32 Å². The number of nitro benzene ring substituents is 1. The van der Waals surface area contributed by atoms with Crippen molar-refractivity contribution >= 4 is 45.4 Å². The summed E-state index contributed by atoms with van der Waals surface area (Å²) in [5.74, 6) is -1.05. The SMILES string of the molecule is Cc1nc(Nc2ccc([N+](=O)[O-])cc2Cl)sc1C(=O)O. The van der Waals surface area contributed by atoms with E-state index in [2.05, 4.69) is 10.3 Å². The average molecular weight is 314 g/mol. The van der Waals surface area contributed by atoms with Crippen LogP contribution in [0.3, 0.4) is 0 Å². The number of anilines is 2. The van der Waals surface area contributed by atoms with Crippen molar-refractivity contribution in [1.29, 1.82) is 0 Å². The molecule has 20 heavy (non-hydrogen) atoms. The minimum atomic E-state index is -1.05. The number of halogens is 1. The van der Waals surface area contributed by atoms with Crippen LogP contribution in [0.1, 0.15) is 15.4 Å². The predicted molar refractivity (Wildman–Crippen MR) is 75.2 cm³/mol. The number of hydrogen-bond donors (Lipinski definition) is 2. The molecular formula is C11H8ClN3O4S. The zero-order chi connectivity index (χ0) is 14.9. The summed E-state index contributed by atoms with van der Waals surface area (Å²) in [5.41, 5.74) is 0.688. The average Bonchev–Trinajstić information content (AvgIpc) is 2.73. The molecule has 0 aliphatic carbocycles. The van der Waals surface area contributed by atoms with E-state index in [1.807, 2.05) is 0 Å². The van der Waals surface area contributed by atoms with Gasteiger partial charge in [0.25, 0.3) is 5.69 Å². The summed E-state index contributed by atoms with van der Waals surface area (Å²) in [7, 11) is 0. The molecule has 0 saturated carbocycles. The van der Waals surface area contributed by atoms with Gasteiger partial charge < -0.3 is 10.4 Å². The first-order valence-corrected chi connectivity index (χ1v) is 6.49. The minimum Gasteiger partial charge on any atom is -0.477 e. The number of nitrogens with zero attached hydrogens (tertiary/aromatic N) is 2. The van der Waals surface area contributed by atoms with Crippen LogP contribution in [0.4, 0.5) is 16.5 Å². The van der Waals surface area contributed by atoms with Crippen LogP contribution in [0.25, 0.3) is 0 Å². The lowest BCUT2D eigenvalue weighted by Gasteiger charge is -2.04. The Morgan fingerprint density at radius 3 is 2.75 bits per heavy atom. The van der Waals surface area contributed by atoms with Gasteiger partial charge in [0.2, 0.25) is 0 Å². The first kappa shape index (κ1) is 14.2. The molecule has 1 heterocycles. The maximum Gasteiger partial charge on any atom is 0.347 e. The molecule has 2 N–H and O–H groups in total. The molecule has 7 nitrogen and oxygen atoms in total. The van der Waals surface area contributed by atoms with Crippen LogP contribution < -0.4 is 5.32 Å². The topological polar surface area (TPSA) is 105 Å². The summed E-state index contributed by atoms with van der Waals surface area (Å²) >= 11 is 6.89. The van der Waals surface area contributed by atoms with E-state index in [0.717, 1.165) is 11.3 Å². The van der Waals surface area contributed by atoms with Crippen molar-refractivity contribution < 1.29 is 14.8 Å². The molecule has 0 aliphatic rings. The highest BCUT2D eigenvalue weighted by Crippen LogP contribution is 2.31. The summed E-state index contributed by atoms with van der Waals surface area (Å²) in [4.78, 5) is 25.2. The zero-order valence-electron chi connectivity index (χ0n) is 10.1. The Morgan fingerprint density at radius 2 is 2.25 bits per heavy atom. The number of non-ortho nitro benzene ring substituents is 1. The van der Waals surface area contributed by atoms with Gasteiger partial charge in [-0.3, -0.25) is 10.1 Å². The molecule has 0 atom stereocenters. The summed E-state index contributed by atoms with van der Waals surface area (Å²) in [6, 6.07) is 3.95. The number of aromatic nitrogens is 1. The second kappa shape index (κ2) is 5.43. The number of nitrogens with one attached hydrogen (secondary N) is 1. The Balaban J connectivity index is 2.28. The Kier molecular flexibility index (Phi) is 3.86. The Hall–Kier alpha value is -2.19. The van der Waals surface area contributed by atoms with Gasteiger partial charge in [-0.1, -0.05) is 22.9 Å². The molecule has 0 radical (unpaired) electrons. The van der Waals surface area contributed by atoms with Gasteiger partial charge in [0.15, 0.2) is 5.13 Å². The summed E-state index contributed by atoms with van der Waals surface area (Å²) in [6.07, 6.45) is 0. The number of carboxylic acid groups (broad SMARTS) is 1. The third kappa shape index (κ3) is 2.86. The van der Waals surface area contributed by atoms with Crippen LogP contribution in [0.5, 0.6) is 0 Å². The third-order valence-corrected chi connectivity index (χ3v) is 3.77. The summed E-state index contributed by atoms with van der Waals surface area (Å²) < 4.78 is 0. The fraction of sp³-hybridized carbons (Fsp3) is 0.0909. The number of aryl methyl sites for hydroxylation is 1. The van der Waals surface area contributed by atoms with Gasteiger partial charge in [0.05, 0.1) is 21.3 Å². The molecule has 104 valence electrons. The number of nitro groups is 1. The van der Waals surface area contributed by atoms with Crippen molar-refractivity contribution in [3.63, 3.8) is 0 Å². The third-order valence-electron chi connectivity index (χ3n) is 2.40. The lowest BCUT2D eigenvalue weighted by Crippen LogP contribution is -1.94. The molecule has 1 aromatic heterocycles. The van der Waals surface area contributed by atoms with E-state index in [-0.39, 0.29) is 15.6 Å². The molecule has 2 aromatic rings. The Labute approximate surface area is 122 Å². The molecule has 0 saturated heterocycles. The van der Waals surface area contributed by atoms with Gasteiger partial charge in [-0.2, -0.15) is 0 Å². The van der Waals surface area contributed by atoms with Crippen LogP contribution in [0.15, 0.2) is 18.2 Å². The minimum absolute atomic E-state index is 0.123. The lowest BCUT2D eigenvalue weighted by molar-refractivity contribution is -0.384.